The number of para-hydroxylation sites is 1. The van der Waals surface area contributed by atoms with Gasteiger partial charge in [0.25, 0.3) is 5.78 Å². The third-order valence-electron chi connectivity index (χ3n) is 5.43. The number of benzene rings is 1. The number of hydrogen-bond donors (Lipinski definition) is 1. The molecule has 3 aromatic rings. The summed E-state index contributed by atoms with van der Waals surface area (Å²) in [5.74, 6) is 1.42. The minimum atomic E-state index is 0.00374. The molecule has 9 heteroatoms. The summed E-state index contributed by atoms with van der Waals surface area (Å²) in [6.45, 7) is 4.45. The molecule has 0 fully saturated rings. The van der Waals surface area contributed by atoms with E-state index in [1.54, 1.807) is 11.6 Å². The van der Waals surface area contributed by atoms with Crippen LogP contribution < -0.4 is 10.1 Å². The number of ether oxygens (including phenoxy) is 1. The molecule has 0 aliphatic carbocycles. The van der Waals surface area contributed by atoms with Gasteiger partial charge < -0.3 is 15.0 Å². The first kappa shape index (κ1) is 23.0. The van der Waals surface area contributed by atoms with Gasteiger partial charge in [-0.1, -0.05) is 30.0 Å². The number of thioether (sulfide) groups is 1. The zero-order valence-electron chi connectivity index (χ0n) is 19.0. The maximum absolute atomic E-state index is 12.6. The highest BCUT2D eigenvalue weighted by molar-refractivity contribution is 7.98. The summed E-state index contributed by atoms with van der Waals surface area (Å²) in [4.78, 5) is 23.7. The number of rotatable bonds is 9. The van der Waals surface area contributed by atoms with Crippen molar-refractivity contribution in [3.63, 3.8) is 0 Å². The Bertz CT molecular complexity index is 1070. The molecule has 31 heavy (non-hydrogen) atoms. The molecular weight excluding hydrogens is 412 g/mol. The molecule has 0 aliphatic rings. The average Bonchev–Trinajstić information content (AvgIpc) is 3.17. The Hall–Kier alpha value is -2.65. The molecule has 166 valence electrons. The Labute approximate surface area is 187 Å². The van der Waals surface area contributed by atoms with E-state index in [4.69, 9.17) is 4.74 Å². The van der Waals surface area contributed by atoms with E-state index in [-0.39, 0.29) is 11.9 Å². The molecule has 1 atom stereocenters. The molecule has 0 saturated heterocycles. The minimum absolute atomic E-state index is 0.00374. The second-order valence-corrected chi connectivity index (χ2v) is 8.37. The number of nitrogens with one attached hydrogen (secondary N) is 1. The van der Waals surface area contributed by atoms with Crippen molar-refractivity contribution >= 4 is 23.4 Å². The van der Waals surface area contributed by atoms with Crippen molar-refractivity contribution in [2.24, 2.45) is 0 Å². The molecule has 3 rings (SSSR count). The number of amides is 1. The second-order valence-electron chi connectivity index (χ2n) is 7.60. The van der Waals surface area contributed by atoms with Crippen LogP contribution in [0, 0.1) is 13.8 Å². The molecule has 0 aliphatic heterocycles. The standard InChI is InChI=1S/C22H30N6O2S/c1-14-16(15(2)28-21(24-14)25-22(26-28)31-6)11-12-20(29)23-13-18(27(3)4)17-9-7-8-10-19(17)30-5/h7-10,18H,11-13H2,1-6H3,(H,23,29). The van der Waals surface area contributed by atoms with E-state index in [1.165, 1.54) is 11.8 Å². The second kappa shape index (κ2) is 10.1. The van der Waals surface area contributed by atoms with Crippen LogP contribution in [0.5, 0.6) is 5.75 Å². The summed E-state index contributed by atoms with van der Waals surface area (Å²) in [7, 11) is 5.66. The van der Waals surface area contributed by atoms with E-state index in [2.05, 4.69) is 25.3 Å². The van der Waals surface area contributed by atoms with Crippen molar-refractivity contribution in [3.8, 4) is 5.75 Å². The van der Waals surface area contributed by atoms with Crippen LogP contribution in [-0.2, 0) is 11.2 Å². The van der Waals surface area contributed by atoms with Gasteiger partial charge in [0, 0.05) is 29.9 Å². The summed E-state index contributed by atoms with van der Waals surface area (Å²) in [6.07, 6.45) is 2.92. The maximum atomic E-state index is 12.6. The van der Waals surface area contributed by atoms with Crippen molar-refractivity contribution in [1.82, 2.24) is 29.8 Å². The zero-order valence-corrected chi connectivity index (χ0v) is 19.8. The third kappa shape index (κ3) is 5.16. The molecule has 0 spiro atoms. The number of nitrogens with zero attached hydrogens (tertiary/aromatic N) is 5. The lowest BCUT2D eigenvalue weighted by atomic mass is 10.0. The van der Waals surface area contributed by atoms with E-state index in [0.29, 0.717) is 30.3 Å². The number of carbonyl (C=O) groups excluding carboxylic acids is 1. The zero-order chi connectivity index (χ0) is 22.5. The van der Waals surface area contributed by atoms with Crippen molar-refractivity contribution in [2.45, 2.75) is 37.9 Å². The lowest BCUT2D eigenvalue weighted by Gasteiger charge is -2.26. The Morgan fingerprint density at radius 2 is 2.00 bits per heavy atom. The van der Waals surface area contributed by atoms with Crippen molar-refractivity contribution < 1.29 is 9.53 Å². The van der Waals surface area contributed by atoms with Crippen molar-refractivity contribution in [2.75, 3.05) is 34.0 Å². The number of aryl methyl sites for hydroxylation is 2. The van der Waals surface area contributed by atoms with Crippen LogP contribution in [0.2, 0.25) is 0 Å². The fraction of sp³-hybridized carbons (Fsp3) is 0.455. The molecule has 1 N–H and O–H groups in total. The Morgan fingerprint density at radius 1 is 1.26 bits per heavy atom. The monoisotopic (exact) mass is 442 g/mol. The summed E-state index contributed by atoms with van der Waals surface area (Å²) >= 11 is 1.49. The van der Waals surface area contributed by atoms with Gasteiger partial charge in [-0.2, -0.15) is 4.98 Å². The van der Waals surface area contributed by atoms with Gasteiger partial charge in [-0.15, -0.1) is 5.10 Å². The van der Waals surface area contributed by atoms with Crippen LogP contribution >= 0.6 is 11.8 Å². The van der Waals surface area contributed by atoms with Crippen LogP contribution in [-0.4, -0.2) is 64.4 Å². The van der Waals surface area contributed by atoms with E-state index in [9.17, 15) is 4.79 Å². The molecular formula is C22H30N6O2S. The highest BCUT2D eigenvalue weighted by Crippen LogP contribution is 2.27. The van der Waals surface area contributed by atoms with E-state index in [0.717, 1.165) is 28.3 Å². The first-order chi connectivity index (χ1) is 14.8. The Kier molecular flexibility index (Phi) is 7.50. The number of carbonyl (C=O) groups is 1. The van der Waals surface area contributed by atoms with Gasteiger partial charge in [-0.05, 0) is 52.2 Å². The molecule has 1 aromatic carbocycles. The molecule has 1 unspecified atom stereocenters. The largest absolute Gasteiger partial charge is 0.496 e. The SMILES string of the molecule is COc1ccccc1C(CNC(=O)CCc1c(C)nc2nc(SC)nn2c1C)N(C)C. The van der Waals surface area contributed by atoms with Crippen LogP contribution in [0.1, 0.15) is 35.0 Å². The molecule has 0 saturated carbocycles. The van der Waals surface area contributed by atoms with Gasteiger partial charge in [0.05, 0.1) is 13.2 Å². The quantitative estimate of drug-likeness (QED) is 0.510. The van der Waals surface area contributed by atoms with Crippen molar-refractivity contribution in [3.05, 3.63) is 46.8 Å². The first-order valence-corrected chi connectivity index (χ1v) is 11.4. The van der Waals surface area contributed by atoms with Crippen LogP contribution in [0.3, 0.4) is 0 Å². The van der Waals surface area contributed by atoms with E-state index < -0.39 is 0 Å². The Balaban J connectivity index is 1.67. The number of methoxy groups -OCH3 is 1. The highest BCUT2D eigenvalue weighted by Gasteiger charge is 2.19. The van der Waals surface area contributed by atoms with Crippen LogP contribution in [0.4, 0.5) is 0 Å². The number of hydrogen-bond acceptors (Lipinski definition) is 7. The summed E-state index contributed by atoms with van der Waals surface area (Å²) < 4.78 is 7.26. The highest BCUT2D eigenvalue weighted by atomic mass is 32.2. The maximum Gasteiger partial charge on any atom is 0.253 e. The molecule has 0 radical (unpaired) electrons. The van der Waals surface area contributed by atoms with Gasteiger partial charge in [0.2, 0.25) is 11.1 Å². The van der Waals surface area contributed by atoms with Gasteiger partial charge in [0.1, 0.15) is 5.75 Å². The van der Waals surface area contributed by atoms with Gasteiger partial charge in [-0.3, -0.25) is 4.79 Å². The molecule has 2 heterocycles. The predicted octanol–water partition coefficient (Wildman–Crippen LogP) is 2.82. The lowest BCUT2D eigenvalue weighted by molar-refractivity contribution is -0.121. The summed E-state index contributed by atoms with van der Waals surface area (Å²) in [6, 6.07) is 7.92. The van der Waals surface area contributed by atoms with E-state index >= 15 is 0 Å². The molecule has 8 nitrogen and oxygen atoms in total. The predicted molar refractivity (Wildman–Crippen MR) is 123 cm³/mol. The molecule has 0 bridgehead atoms. The topological polar surface area (TPSA) is 84.6 Å². The van der Waals surface area contributed by atoms with Gasteiger partial charge >= 0.3 is 0 Å². The lowest BCUT2D eigenvalue weighted by Crippen LogP contribution is -2.34. The summed E-state index contributed by atoms with van der Waals surface area (Å²) in [5, 5.41) is 8.25. The smallest absolute Gasteiger partial charge is 0.253 e. The van der Waals surface area contributed by atoms with Gasteiger partial charge in [0.15, 0.2) is 0 Å². The fourth-order valence-corrected chi connectivity index (χ4v) is 4.02. The first-order valence-electron chi connectivity index (χ1n) is 10.2. The minimum Gasteiger partial charge on any atom is -0.496 e. The number of fused-ring (bicyclic) bond motifs is 1. The van der Waals surface area contributed by atoms with Crippen molar-refractivity contribution in [1.29, 1.82) is 0 Å². The van der Waals surface area contributed by atoms with Crippen LogP contribution in [0.25, 0.3) is 5.78 Å². The Morgan fingerprint density at radius 3 is 2.68 bits per heavy atom. The normalized spacial score (nSPS) is 12.4. The molecule has 2 aromatic heterocycles. The third-order valence-corrected chi connectivity index (χ3v) is 5.97. The summed E-state index contributed by atoms with van der Waals surface area (Å²) in [5.41, 5.74) is 3.95. The van der Waals surface area contributed by atoms with Crippen LogP contribution in [0.15, 0.2) is 29.4 Å². The average molecular weight is 443 g/mol. The molecule has 1 amide bonds. The fourth-order valence-electron chi connectivity index (χ4n) is 3.69. The number of likely N-dealkylation sites (N-methyl/N-ethyl adjacent to an activating group) is 1. The van der Waals surface area contributed by atoms with E-state index in [1.807, 2.05) is 58.5 Å². The number of aromatic nitrogens is 4. The van der Waals surface area contributed by atoms with Gasteiger partial charge in [-0.25, -0.2) is 9.50 Å².